The normalized spacial score (nSPS) is 11.8. The predicted molar refractivity (Wildman–Crippen MR) is 105 cm³/mol. The van der Waals surface area contributed by atoms with Gasteiger partial charge < -0.3 is 24.8 Å². The Morgan fingerprint density at radius 3 is 2.61 bits per heavy atom. The molecule has 0 spiro atoms. The van der Waals surface area contributed by atoms with E-state index in [4.69, 9.17) is 9.47 Å². The third-order valence-electron chi connectivity index (χ3n) is 4.23. The van der Waals surface area contributed by atoms with Crippen LogP contribution in [0.5, 0.6) is 5.75 Å². The van der Waals surface area contributed by atoms with Gasteiger partial charge in [-0.1, -0.05) is 17.7 Å². The summed E-state index contributed by atoms with van der Waals surface area (Å²) in [5.74, 6) is -0.410. The van der Waals surface area contributed by atoms with E-state index in [0.29, 0.717) is 28.0 Å². The van der Waals surface area contributed by atoms with Gasteiger partial charge in [-0.25, -0.2) is 4.79 Å². The number of carbonyl (C=O) groups excluding carboxylic acids is 2. The maximum absolute atomic E-state index is 12.3. The molecule has 2 aromatic carbocycles. The Hall–Kier alpha value is -3.55. The van der Waals surface area contributed by atoms with Crippen molar-refractivity contribution in [3.63, 3.8) is 0 Å². The fourth-order valence-corrected chi connectivity index (χ4v) is 2.85. The molecule has 1 heterocycles. The standard InChI is InChI=1S/C20H21N3O5/c1-11-4-7-17(27-3)13(8-11)9-18(24)28-12(2)19(25)21-14-5-6-15-16(10-14)23-20(26)22-15/h4-8,10,12H,9H2,1-3H3,(H,21,25)(H2,22,23,26)/t12-/m1/s1. The van der Waals surface area contributed by atoms with Gasteiger partial charge in [0, 0.05) is 11.3 Å². The summed E-state index contributed by atoms with van der Waals surface area (Å²) in [6, 6.07) is 10.5. The van der Waals surface area contributed by atoms with Crippen LogP contribution < -0.4 is 15.7 Å². The van der Waals surface area contributed by atoms with E-state index in [1.54, 1.807) is 24.3 Å². The molecule has 0 aliphatic rings. The molecule has 0 unspecified atom stereocenters. The van der Waals surface area contributed by atoms with Crippen LogP contribution in [0.15, 0.2) is 41.2 Å². The van der Waals surface area contributed by atoms with Gasteiger partial charge in [0.25, 0.3) is 5.91 Å². The first-order valence-corrected chi connectivity index (χ1v) is 8.71. The number of methoxy groups -OCH3 is 1. The number of hydrogen-bond donors (Lipinski definition) is 3. The average Bonchev–Trinajstić information content (AvgIpc) is 3.01. The summed E-state index contributed by atoms with van der Waals surface area (Å²) >= 11 is 0. The monoisotopic (exact) mass is 383 g/mol. The van der Waals surface area contributed by atoms with Gasteiger partial charge in [-0.15, -0.1) is 0 Å². The lowest BCUT2D eigenvalue weighted by Gasteiger charge is -2.14. The van der Waals surface area contributed by atoms with Gasteiger partial charge in [-0.05, 0) is 38.1 Å². The number of carbonyl (C=O) groups is 2. The highest BCUT2D eigenvalue weighted by Gasteiger charge is 2.19. The number of esters is 1. The quantitative estimate of drug-likeness (QED) is 0.565. The first-order chi connectivity index (χ1) is 13.4. The summed E-state index contributed by atoms with van der Waals surface area (Å²) in [6.45, 7) is 3.41. The summed E-state index contributed by atoms with van der Waals surface area (Å²) < 4.78 is 10.5. The molecule has 28 heavy (non-hydrogen) atoms. The lowest BCUT2D eigenvalue weighted by atomic mass is 10.1. The maximum Gasteiger partial charge on any atom is 0.323 e. The van der Waals surface area contributed by atoms with Crippen LogP contribution in [0.3, 0.4) is 0 Å². The van der Waals surface area contributed by atoms with E-state index in [2.05, 4.69) is 15.3 Å². The maximum atomic E-state index is 12.3. The van der Waals surface area contributed by atoms with E-state index in [1.807, 2.05) is 19.1 Å². The molecule has 3 aromatic rings. The molecule has 0 saturated heterocycles. The van der Waals surface area contributed by atoms with Crippen LogP contribution in [-0.2, 0) is 20.7 Å². The Kier molecular flexibility index (Phi) is 5.49. The average molecular weight is 383 g/mol. The van der Waals surface area contributed by atoms with E-state index in [-0.39, 0.29) is 12.1 Å². The van der Waals surface area contributed by atoms with Gasteiger partial charge in [0.15, 0.2) is 6.10 Å². The van der Waals surface area contributed by atoms with E-state index in [0.717, 1.165) is 5.56 Å². The number of ether oxygens (including phenoxy) is 2. The first kappa shape index (κ1) is 19.2. The van der Waals surface area contributed by atoms with Crippen molar-refractivity contribution in [2.45, 2.75) is 26.4 Å². The zero-order valence-corrected chi connectivity index (χ0v) is 15.8. The van der Waals surface area contributed by atoms with E-state index < -0.39 is 18.0 Å². The second-order valence-electron chi connectivity index (χ2n) is 6.45. The zero-order chi connectivity index (χ0) is 20.3. The van der Waals surface area contributed by atoms with Crippen LogP contribution in [0, 0.1) is 6.92 Å². The lowest BCUT2D eigenvalue weighted by Crippen LogP contribution is -2.30. The molecule has 1 aromatic heterocycles. The van der Waals surface area contributed by atoms with Gasteiger partial charge in [0.2, 0.25) is 0 Å². The molecule has 0 bridgehead atoms. The number of nitrogens with one attached hydrogen (secondary N) is 3. The Morgan fingerprint density at radius 2 is 1.86 bits per heavy atom. The zero-order valence-electron chi connectivity index (χ0n) is 15.8. The lowest BCUT2D eigenvalue weighted by molar-refractivity contribution is -0.152. The molecule has 8 heteroatoms. The highest BCUT2D eigenvalue weighted by molar-refractivity contribution is 5.96. The van der Waals surface area contributed by atoms with Crippen LogP contribution in [0.4, 0.5) is 5.69 Å². The summed E-state index contributed by atoms with van der Waals surface area (Å²) in [6.07, 6.45) is -0.983. The van der Waals surface area contributed by atoms with Crippen molar-refractivity contribution < 1.29 is 19.1 Å². The molecule has 0 fully saturated rings. The molecular formula is C20H21N3O5. The van der Waals surface area contributed by atoms with E-state index in [9.17, 15) is 14.4 Å². The third kappa shape index (κ3) is 4.40. The summed E-state index contributed by atoms with van der Waals surface area (Å²) in [5, 5.41) is 2.67. The van der Waals surface area contributed by atoms with Gasteiger partial charge in [0.05, 0.1) is 24.6 Å². The molecule has 8 nitrogen and oxygen atoms in total. The number of benzene rings is 2. The van der Waals surface area contributed by atoms with Crippen molar-refractivity contribution in [2.24, 2.45) is 0 Å². The molecule has 1 amide bonds. The highest BCUT2D eigenvalue weighted by atomic mass is 16.5. The summed E-state index contributed by atoms with van der Waals surface area (Å²) in [4.78, 5) is 41.1. The molecular weight excluding hydrogens is 362 g/mol. The number of amides is 1. The molecule has 0 radical (unpaired) electrons. The number of aromatic amines is 2. The Balaban J connectivity index is 1.62. The second kappa shape index (κ2) is 7.99. The second-order valence-corrected chi connectivity index (χ2v) is 6.45. The molecule has 3 rings (SSSR count). The number of imidazole rings is 1. The van der Waals surface area contributed by atoms with Gasteiger partial charge in [0.1, 0.15) is 5.75 Å². The number of rotatable bonds is 6. The SMILES string of the molecule is COc1ccc(C)cc1CC(=O)O[C@H](C)C(=O)Nc1ccc2[nH]c(=O)[nH]c2c1. The fraction of sp³-hybridized carbons (Fsp3) is 0.250. The largest absolute Gasteiger partial charge is 0.496 e. The van der Waals surface area contributed by atoms with Crippen LogP contribution in [0.2, 0.25) is 0 Å². The molecule has 0 aliphatic carbocycles. The van der Waals surface area contributed by atoms with Crippen molar-refractivity contribution in [1.82, 2.24) is 9.97 Å². The molecule has 1 atom stereocenters. The highest BCUT2D eigenvalue weighted by Crippen LogP contribution is 2.21. The van der Waals surface area contributed by atoms with Crippen molar-refractivity contribution >= 4 is 28.6 Å². The van der Waals surface area contributed by atoms with Gasteiger partial charge in [-0.2, -0.15) is 0 Å². The van der Waals surface area contributed by atoms with Crippen molar-refractivity contribution in [1.29, 1.82) is 0 Å². The summed E-state index contributed by atoms with van der Waals surface area (Å²) in [5.41, 5.74) is 3.05. The first-order valence-electron chi connectivity index (χ1n) is 8.71. The number of H-pyrrole nitrogens is 2. The van der Waals surface area contributed by atoms with Crippen LogP contribution in [0.25, 0.3) is 11.0 Å². The number of aromatic nitrogens is 2. The number of anilines is 1. The Bertz CT molecular complexity index is 1080. The minimum atomic E-state index is -0.982. The third-order valence-corrected chi connectivity index (χ3v) is 4.23. The van der Waals surface area contributed by atoms with E-state index >= 15 is 0 Å². The number of hydrogen-bond acceptors (Lipinski definition) is 5. The van der Waals surface area contributed by atoms with Crippen LogP contribution in [0.1, 0.15) is 18.1 Å². The predicted octanol–water partition coefficient (Wildman–Crippen LogP) is 2.29. The summed E-state index contributed by atoms with van der Waals surface area (Å²) in [7, 11) is 1.53. The number of aryl methyl sites for hydroxylation is 1. The molecule has 0 aliphatic heterocycles. The molecule has 3 N–H and O–H groups in total. The number of fused-ring (bicyclic) bond motifs is 1. The Morgan fingerprint density at radius 1 is 1.11 bits per heavy atom. The van der Waals surface area contributed by atoms with Crippen molar-refractivity contribution in [3.8, 4) is 5.75 Å². The van der Waals surface area contributed by atoms with Crippen LogP contribution >= 0.6 is 0 Å². The molecule has 146 valence electrons. The fourth-order valence-electron chi connectivity index (χ4n) is 2.85. The van der Waals surface area contributed by atoms with E-state index in [1.165, 1.54) is 14.0 Å². The topological polar surface area (TPSA) is 113 Å². The smallest absolute Gasteiger partial charge is 0.323 e. The van der Waals surface area contributed by atoms with Gasteiger partial charge in [-0.3, -0.25) is 9.59 Å². The molecule has 0 saturated carbocycles. The van der Waals surface area contributed by atoms with Crippen molar-refractivity contribution in [2.75, 3.05) is 12.4 Å². The van der Waals surface area contributed by atoms with Crippen molar-refractivity contribution in [3.05, 3.63) is 58.0 Å². The van der Waals surface area contributed by atoms with Crippen LogP contribution in [-0.4, -0.2) is 35.1 Å². The minimum Gasteiger partial charge on any atom is -0.496 e. The van der Waals surface area contributed by atoms with Gasteiger partial charge >= 0.3 is 11.7 Å². The minimum absolute atomic E-state index is 0.000973. The Labute approximate surface area is 160 Å².